The van der Waals surface area contributed by atoms with Gasteiger partial charge in [0.15, 0.2) is 0 Å². The van der Waals surface area contributed by atoms with Crippen LogP contribution in [-0.4, -0.2) is 5.75 Å². The van der Waals surface area contributed by atoms with Gasteiger partial charge in [0.25, 0.3) is 0 Å². The summed E-state index contributed by atoms with van der Waals surface area (Å²) < 4.78 is 12.1. The summed E-state index contributed by atoms with van der Waals surface area (Å²) in [4.78, 5) is 0. The zero-order chi connectivity index (χ0) is 5.11. The molecule has 1 aliphatic heterocycles. The van der Waals surface area contributed by atoms with Crippen molar-refractivity contribution in [3.8, 4) is 0 Å². The smallest absolute Gasteiger partial charge is 0.0245 e. The second kappa shape index (κ2) is 2.36. The number of halogens is 1. The lowest BCUT2D eigenvalue weighted by atomic mass is 10.3. The van der Waals surface area contributed by atoms with Crippen molar-refractivity contribution in [2.24, 2.45) is 0 Å². The van der Waals surface area contributed by atoms with Crippen LogP contribution in [0.4, 0.5) is 3.89 Å². The second-order valence-corrected chi connectivity index (χ2v) is 2.99. The first-order chi connectivity index (χ1) is 3.39. The number of hydrogen-bond acceptors (Lipinski definition) is 0. The molecule has 0 saturated carbocycles. The largest absolute Gasteiger partial charge is 0.188 e. The minimum absolute atomic E-state index is 0.742. The van der Waals surface area contributed by atoms with Crippen molar-refractivity contribution < 1.29 is 3.89 Å². The maximum atomic E-state index is 12.1. The Morgan fingerprint density at radius 1 is 1.71 bits per heavy atom. The highest BCUT2D eigenvalue weighted by atomic mass is 32.2. The fourth-order valence-corrected chi connectivity index (χ4v) is 1.48. The lowest BCUT2D eigenvalue weighted by Gasteiger charge is -2.07. The summed E-state index contributed by atoms with van der Waals surface area (Å²) in [6.45, 7) is 0. The first kappa shape index (κ1) is 5.16. The Morgan fingerprint density at radius 3 is 2.86 bits per heavy atom. The van der Waals surface area contributed by atoms with E-state index in [2.05, 4.69) is 5.41 Å². The molecule has 2 heteroatoms. The Labute approximate surface area is 46.1 Å². The maximum Gasteiger partial charge on any atom is 0.0245 e. The van der Waals surface area contributed by atoms with E-state index in [1.54, 1.807) is 0 Å². The Hall–Kier alpha value is 0.0200. The number of rotatable bonds is 0. The maximum absolute atomic E-state index is 12.1. The predicted octanol–water partition coefficient (Wildman–Crippen LogP) is 1.98. The van der Waals surface area contributed by atoms with Gasteiger partial charge < -0.3 is 0 Å². The highest BCUT2D eigenvalue weighted by Crippen LogP contribution is 2.31. The van der Waals surface area contributed by atoms with E-state index in [4.69, 9.17) is 0 Å². The van der Waals surface area contributed by atoms with Gasteiger partial charge in [-0.2, -0.15) is 3.89 Å². The van der Waals surface area contributed by atoms with E-state index in [1.165, 1.54) is 0 Å². The number of allylic oxidation sites excluding steroid dienone is 1. The number of hydrogen-bond donors (Lipinski definition) is 1. The Balaban J connectivity index is 2.36. The topological polar surface area (TPSA) is 0 Å². The summed E-state index contributed by atoms with van der Waals surface area (Å²) >= 11 is -1.30. The zero-order valence-electron chi connectivity index (χ0n) is 4.02. The highest BCUT2D eigenvalue weighted by molar-refractivity contribution is 8.14. The third kappa shape index (κ3) is 1.51. The quantitative estimate of drug-likeness (QED) is 0.463. The van der Waals surface area contributed by atoms with Crippen LogP contribution in [0.15, 0.2) is 6.08 Å². The van der Waals surface area contributed by atoms with E-state index in [1.807, 2.05) is 6.08 Å². The average molecular weight is 119 g/mol. The Kier molecular flexibility index (Phi) is 1.74. The van der Waals surface area contributed by atoms with Crippen molar-refractivity contribution in [1.82, 2.24) is 0 Å². The van der Waals surface area contributed by atoms with Crippen molar-refractivity contribution in [1.29, 1.82) is 0 Å². The molecule has 0 nitrogen and oxygen atoms in total. The fourth-order valence-electron chi connectivity index (χ4n) is 0.560. The first-order valence-electron chi connectivity index (χ1n) is 2.41. The molecule has 0 N–H and O–H groups in total. The molecule has 0 aromatic rings. The van der Waals surface area contributed by atoms with Gasteiger partial charge in [0.05, 0.1) is 0 Å². The van der Waals surface area contributed by atoms with E-state index in [0.29, 0.717) is 0 Å². The lowest BCUT2D eigenvalue weighted by Crippen LogP contribution is -1.85. The van der Waals surface area contributed by atoms with Crippen molar-refractivity contribution in [2.75, 3.05) is 5.75 Å². The Morgan fingerprint density at radius 2 is 2.57 bits per heavy atom. The van der Waals surface area contributed by atoms with Gasteiger partial charge >= 0.3 is 0 Å². The molecule has 0 spiro atoms. The first-order valence-corrected chi connectivity index (χ1v) is 3.82. The molecule has 41 valence electrons. The summed E-state index contributed by atoms with van der Waals surface area (Å²) in [5.41, 5.74) is 0. The molecule has 0 aliphatic carbocycles. The van der Waals surface area contributed by atoms with Gasteiger partial charge in [-0.1, -0.05) is 17.4 Å². The molecule has 1 rings (SSSR count). The highest BCUT2D eigenvalue weighted by Gasteiger charge is 1.99. The van der Waals surface area contributed by atoms with Crippen molar-refractivity contribution in [3.63, 3.8) is 0 Å². The van der Waals surface area contributed by atoms with Gasteiger partial charge in [-0.25, -0.2) is 0 Å². The van der Waals surface area contributed by atoms with Crippen LogP contribution in [0.1, 0.15) is 12.8 Å². The van der Waals surface area contributed by atoms with Crippen LogP contribution in [0.5, 0.6) is 0 Å². The van der Waals surface area contributed by atoms with E-state index >= 15 is 0 Å². The van der Waals surface area contributed by atoms with Gasteiger partial charge in [-0.05, 0) is 12.8 Å². The van der Waals surface area contributed by atoms with E-state index in [9.17, 15) is 3.89 Å². The molecule has 0 aromatic carbocycles. The van der Waals surface area contributed by atoms with Crippen LogP contribution >= 0.6 is 11.3 Å². The third-order valence-corrected chi connectivity index (χ3v) is 2.11. The summed E-state index contributed by atoms with van der Waals surface area (Å²) in [6, 6.07) is 0. The molecule has 0 aromatic heterocycles. The van der Waals surface area contributed by atoms with E-state index < -0.39 is 11.3 Å². The van der Waals surface area contributed by atoms with E-state index in [0.717, 1.165) is 18.6 Å². The van der Waals surface area contributed by atoms with Crippen LogP contribution in [-0.2, 0) is 0 Å². The van der Waals surface area contributed by atoms with Crippen LogP contribution < -0.4 is 0 Å². The number of thiol groups is 1. The Bertz CT molecular complexity index is 80.1. The average Bonchev–Trinajstić information content (AvgIpc) is 1.69. The molecule has 0 amide bonds. The van der Waals surface area contributed by atoms with Crippen LogP contribution in [0, 0.1) is 5.41 Å². The van der Waals surface area contributed by atoms with Gasteiger partial charge in [-0.15, -0.1) is 0 Å². The summed E-state index contributed by atoms with van der Waals surface area (Å²) in [5.74, 6) is 0.742. The van der Waals surface area contributed by atoms with Crippen LogP contribution in [0.25, 0.3) is 0 Å². The van der Waals surface area contributed by atoms with Crippen LogP contribution in [0.3, 0.4) is 0 Å². The molecule has 0 saturated heterocycles. The molecule has 1 unspecified atom stereocenters. The zero-order valence-corrected chi connectivity index (χ0v) is 4.92. The molecule has 7 heavy (non-hydrogen) atoms. The van der Waals surface area contributed by atoms with Gasteiger partial charge in [0.2, 0.25) is 0 Å². The van der Waals surface area contributed by atoms with Crippen molar-refractivity contribution in [3.05, 3.63) is 11.5 Å². The summed E-state index contributed by atoms with van der Waals surface area (Å²) in [5, 5.41) is 2.66. The monoisotopic (exact) mass is 119 g/mol. The normalized spacial score (nSPS) is 35.9. The lowest BCUT2D eigenvalue weighted by molar-refractivity contribution is 0.874. The van der Waals surface area contributed by atoms with Crippen molar-refractivity contribution >= 4 is 11.3 Å². The second-order valence-electron chi connectivity index (χ2n) is 1.56. The molecule has 0 bridgehead atoms. The molecule has 0 fully saturated rings. The molecule has 1 heterocycles. The standard InChI is InChI=1S/C5H8FS/c6-7-4-2-1-3-5-7/h2,7H,1,3,5H2. The summed E-state index contributed by atoms with van der Waals surface area (Å²) in [7, 11) is 0. The molecule has 1 atom stereocenters. The van der Waals surface area contributed by atoms with Gasteiger partial charge in [-0.3, -0.25) is 0 Å². The van der Waals surface area contributed by atoms with Crippen LogP contribution in [0.2, 0.25) is 0 Å². The molecule has 1 radical (unpaired) electrons. The minimum Gasteiger partial charge on any atom is -0.188 e. The predicted molar refractivity (Wildman–Crippen MR) is 32.0 cm³/mol. The van der Waals surface area contributed by atoms with Gasteiger partial charge in [0.1, 0.15) is 0 Å². The summed E-state index contributed by atoms with van der Waals surface area (Å²) in [6.07, 6.45) is 3.87. The minimum atomic E-state index is -1.30. The third-order valence-electron chi connectivity index (χ3n) is 0.934. The SMILES string of the molecule is F[SH]1[C]=CCCC1. The molecular weight excluding hydrogens is 111 g/mol. The fraction of sp³-hybridized carbons (Fsp3) is 0.600. The molecule has 1 aliphatic rings. The molecular formula is C5H8FS. The van der Waals surface area contributed by atoms with E-state index in [-0.39, 0.29) is 0 Å². The van der Waals surface area contributed by atoms with Crippen molar-refractivity contribution in [2.45, 2.75) is 12.8 Å². The van der Waals surface area contributed by atoms with Gasteiger partial charge in [0, 0.05) is 11.2 Å².